The molecule has 1 aliphatic rings. The molecular weight excluding hydrogens is 148 g/mol. The second-order valence-electron chi connectivity index (χ2n) is 2.76. The number of ether oxygens (including phenoxy) is 2. The summed E-state index contributed by atoms with van der Waals surface area (Å²) in [6.07, 6.45) is 3.28. The zero-order chi connectivity index (χ0) is 8.54. The lowest BCUT2D eigenvalue weighted by Gasteiger charge is -2.26. The molecule has 1 heterocycles. The van der Waals surface area contributed by atoms with Crippen LogP contribution in [0.15, 0.2) is 12.2 Å². The zero-order valence-corrected chi connectivity index (χ0v) is 6.83. The van der Waals surface area contributed by atoms with Gasteiger partial charge in [0.15, 0.2) is 5.79 Å². The molecule has 64 valence electrons. The maximum absolute atomic E-state index is 8.42. The van der Waals surface area contributed by atoms with Gasteiger partial charge in [0, 0.05) is 7.11 Å². The van der Waals surface area contributed by atoms with E-state index in [1.165, 1.54) is 7.11 Å². The molecule has 0 amide bonds. The Hall–Kier alpha value is -0.420. The second kappa shape index (κ2) is 2.57. The van der Waals surface area contributed by atoms with Crippen molar-refractivity contribution in [3.8, 4) is 0 Å². The number of rotatable bonds is 2. The molecule has 0 aromatic rings. The van der Waals surface area contributed by atoms with Gasteiger partial charge < -0.3 is 9.47 Å². The fourth-order valence-electron chi connectivity index (χ4n) is 0.932. The van der Waals surface area contributed by atoms with Crippen LogP contribution in [0.1, 0.15) is 13.8 Å². The lowest BCUT2D eigenvalue weighted by molar-refractivity contribution is -0.405. The third-order valence-electron chi connectivity index (χ3n) is 1.68. The van der Waals surface area contributed by atoms with Crippen molar-refractivity contribution >= 4 is 0 Å². The standard InChI is InChI=1S/C7H12O4/c1-6(9-3)4-5-7(2,10-6)11-8/h4-5,8H,1-3H3. The van der Waals surface area contributed by atoms with Gasteiger partial charge in [0.05, 0.1) is 0 Å². The van der Waals surface area contributed by atoms with Crippen LogP contribution in [0.2, 0.25) is 0 Å². The van der Waals surface area contributed by atoms with Crippen molar-refractivity contribution in [3.63, 3.8) is 0 Å². The van der Waals surface area contributed by atoms with Gasteiger partial charge in [0.1, 0.15) is 0 Å². The van der Waals surface area contributed by atoms with E-state index in [1.54, 1.807) is 26.0 Å². The molecule has 0 aromatic carbocycles. The molecule has 2 atom stereocenters. The normalized spacial score (nSPS) is 43.3. The molecule has 0 saturated heterocycles. The predicted molar refractivity (Wildman–Crippen MR) is 37.8 cm³/mol. The Bertz CT molecular complexity index is 161. The van der Waals surface area contributed by atoms with Crippen molar-refractivity contribution < 1.29 is 19.6 Å². The smallest absolute Gasteiger partial charge is 0.220 e. The van der Waals surface area contributed by atoms with E-state index in [0.717, 1.165) is 0 Å². The molecule has 0 fully saturated rings. The molecule has 0 radical (unpaired) electrons. The highest BCUT2D eigenvalue weighted by atomic mass is 17.1. The summed E-state index contributed by atoms with van der Waals surface area (Å²) in [4.78, 5) is 4.11. The Balaban J connectivity index is 2.68. The van der Waals surface area contributed by atoms with Gasteiger partial charge in [-0.05, 0) is 26.0 Å². The van der Waals surface area contributed by atoms with Gasteiger partial charge in [-0.2, -0.15) is 4.89 Å². The maximum atomic E-state index is 8.42. The highest BCUT2D eigenvalue weighted by molar-refractivity contribution is 5.08. The quantitative estimate of drug-likeness (QED) is 0.374. The van der Waals surface area contributed by atoms with Crippen LogP contribution in [0.25, 0.3) is 0 Å². The molecule has 4 nitrogen and oxygen atoms in total. The van der Waals surface area contributed by atoms with Gasteiger partial charge in [0.25, 0.3) is 0 Å². The summed E-state index contributed by atoms with van der Waals surface area (Å²) in [6.45, 7) is 3.32. The Morgan fingerprint density at radius 1 is 1.27 bits per heavy atom. The van der Waals surface area contributed by atoms with Crippen LogP contribution in [0.5, 0.6) is 0 Å². The minimum atomic E-state index is -1.08. The Kier molecular flexibility index (Phi) is 2.02. The number of hydrogen-bond donors (Lipinski definition) is 1. The second-order valence-corrected chi connectivity index (χ2v) is 2.76. The van der Waals surface area contributed by atoms with Crippen molar-refractivity contribution in [1.29, 1.82) is 0 Å². The monoisotopic (exact) mass is 160 g/mol. The summed E-state index contributed by atoms with van der Waals surface area (Å²) in [7, 11) is 1.52. The SMILES string of the molecule is COC1(C)C=CC(C)(OO)O1. The van der Waals surface area contributed by atoms with Crippen molar-refractivity contribution in [1.82, 2.24) is 0 Å². The van der Waals surface area contributed by atoms with E-state index in [-0.39, 0.29) is 0 Å². The molecular formula is C7H12O4. The molecule has 4 heteroatoms. The molecule has 0 aromatic heterocycles. The summed E-state index contributed by atoms with van der Waals surface area (Å²) in [6, 6.07) is 0. The highest BCUT2D eigenvalue weighted by Gasteiger charge is 2.40. The summed E-state index contributed by atoms with van der Waals surface area (Å²) in [5, 5.41) is 8.42. The molecule has 0 aliphatic carbocycles. The van der Waals surface area contributed by atoms with E-state index in [4.69, 9.17) is 14.7 Å². The molecule has 11 heavy (non-hydrogen) atoms. The summed E-state index contributed by atoms with van der Waals surface area (Å²) >= 11 is 0. The van der Waals surface area contributed by atoms with E-state index in [9.17, 15) is 0 Å². The fraction of sp³-hybridized carbons (Fsp3) is 0.714. The molecule has 1 rings (SSSR count). The summed E-state index contributed by atoms with van der Waals surface area (Å²) in [5.41, 5.74) is 0. The van der Waals surface area contributed by atoms with E-state index in [0.29, 0.717) is 0 Å². The minimum Gasteiger partial charge on any atom is -0.350 e. The first-order valence-electron chi connectivity index (χ1n) is 3.32. The van der Waals surface area contributed by atoms with Crippen molar-refractivity contribution in [3.05, 3.63) is 12.2 Å². The van der Waals surface area contributed by atoms with Gasteiger partial charge in [-0.15, -0.1) is 0 Å². The lowest BCUT2D eigenvalue weighted by Crippen LogP contribution is -2.35. The van der Waals surface area contributed by atoms with Crippen LogP contribution in [0, 0.1) is 0 Å². The molecule has 2 unspecified atom stereocenters. The Morgan fingerprint density at radius 3 is 2.09 bits per heavy atom. The number of methoxy groups -OCH3 is 1. The first-order chi connectivity index (χ1) is 5.04. The van der Waals surface area contributed by atoms with Gasteiger partial charge in [0.2, 0.25) is 5.79 Å². The Morgan fingerprint density at radius 2 is 1.82 bits per heavy atom. The van der Waals surface area contributed by atoms with Crippen molar-refractivity contribution in [2.24, 2.45) is 0 Å². The van der Waals surface area contributed by atoms with Crippen LogP contribution >= 0.6 is 0 Å². The first kappa shape index (κ1) is 8.67. The lowest BCUT2D eigenvalue weighted by atomic mass is 10.3. The van der Waals surface area contributed by atoms with Crippen molar-refractivity contribution in [2.45, 2.75) is 25.4 Å². The van der Waals surface area contributed by atoms with E-state index in [1.807, 2.05) is 0 Å². The van der Waals surface area contributed by atoms with Crippen LogP contribution in [-0.2, 0) is 14.4 Å². The average Bonchev–Trinajstić information content (AvgIpc) is 2.30. The highest BCUT2D eigenvalue weighted by Crippen LogP contribution is 2.31. The first-order valence-corrected chi connectivity index (χ1v) is 3.32. The maximum Gasteiger partial charge on any atom is 0.220 e. The van der Waals surface area contributed by atoms with Gasteiger partial charge >= 0.3 is 0 Å². The molecule has 0 spiro atoms. The summed E-state index contributed by atoms with van der Waals surface area (Å²) in [5.74, 6) is -1.87. The third kappa shape index (κ3) is 1.59. The Labute approximate surface area is 65.3 Å². The largest absolute Gasteiger partial charge is 0.350 e. The summed E-state index contributed by atoms with van der Waals surface area (Å²) < 4.78 is 10.2. The molecule has 0 saturated carbocycles. The molecule has 1 N–H and O–H groups in total. The average molecular weight is 160 g/mol. The number of hydrogen-bond acceptors (Lipinski definition) is 4. The minimum absolute atomic E-state index is 0.794. The van der Waals surface area contributed by atoms with Crippen LogP contribution < -0.4 is 0 Å². The van der Waals surface area contributed by atoms with E-state index < -0.39 is 11.6 Å². The van der Waals surface area contributed by atoms with E-state index in [2.05, 4.69) is 4.89 Å². The third-order valence-corrected chi connectivity index (χ3v) is 1.68. The van der Waals surface area contributed by atoms with Crippen LogP contribution in [0.4, 0.5) is 0 Å². The van der Waals surface area contributed by atoms with Gasteiger partial charge in [-0.3, -0.25) is 0 Å². The van der Waals surface area contributed by atoms with E-state index >= 15 is 0 Å². The predicted octanol–water partition coefficient (Wildman–Crippen LogP) is 1.14. The van der Waals surface area contributed by atoms with Gasteiger partial charge in [-0.25, -0.2) is 5.26 Å². The van der Waals surface area contributed by atoms with Crippen LogP contribution in [-0.4, -0.2) is 23.9 Å². The topological polar surface area (TPSA) is 47.9 Å². The fourth-order valence-corrected chi connectivity index (χ4v) is 0.932. The van der Waals surface area contributed by atoms with Crippen molar-refractivity contribution in [2.75, 3.05) is 7.11 Å². The van der Waals surface area contributed by atoms with Crippen LogP contribution in [0.3, 0.4) is 0 Å². The van der Waals surface area contributed by atoms with Gasteiger partial charge in [-0.1, -0.05) is 0 Å². The molecule has 0 bridgehead atoms. The molecule has 1 aliphatic heterocycles. The zero-order valence-electron chi connectivity index (χ0n) is 6.83.